The predicted molar refractivity (Wildman–Crippen MR) is 107 cm³/mol. The summed E-state index contributed by atoms with van der Waals surface area (Å²) >= 11 is 12.2. The third-order valence-electron chi connectivity index (χ3n) is 4.49. The van der Waals surface area contributed by atoms with Crippen molar-refractivity contribution in [2.24, 2.45) is 0 Å². The fourth-order valence-electron chi connectivity index (χ4n) is 3.13. The lowest BCUT2D eigenvalue weighted by atomic mass is 10.3. The van der Waals surface area contributed by atoms with Gasteiger partial charge in [0.15, 0.2) is 0 Å². The number of nitrogens with one attached hydrogen (secondary N) is 2. The van der Waals surface area contributed by atoms with E-state index in [0.717, 1.165) is 19.5 Å². The Kier molecular flexibility index (Phi) is 5.19. The number of anilines is 1. The van der Waals surface area contributed by atoms with E-state index in [1.165, 1.54) is 23.4 Å². The van der Waals surface area contributed by atoms with Gasteiger partial charge >= 0.3 is 0 Å². The molecular weight excluding hydrogens is 427 g/mol. The number of halogens is 2. The van der Waals surface area contributed by atoms with E-state index >= 15 is 0 Å². The van der Waals surface area contributed by atoms with Crippen LogP contribution in [0.1, 0.15) is 6.42 Å². The van der Waals surface area contributed by atoms with Gasteiger partial charge in [-0.05, 0) is 37.8 Å². The highest BCUT2D eigenvalue weighted by Gasteiger charge is 2.33. The number of allylic oxidation sites excluding steroid dienone is 2. The van der Waals surface area contributed by atoms with Crippen molar-refractivity contribution >= 4 is 38.9 Å². The highest BCUT2D eigenvalue weighted by atomic mass is 35.5. The summed E-state index contributed by atoms with van der Waals surface area (Å²) in [7, 11) is -1.89. The molecule has 11 heteroatoms. The third kappa shape index (κ3) is 3.81. The molecule has 4 rings (SSSR count). The lowest BCUT2D eigenvalue weighted by Gasteiger charge is -2.23. The number of likely N-dealkylation sites (tertiary alicyclic amines) is 1. The number of likely N-dealkylation sites (N-methyl/N-ethyl adjacent to an activating group) is 1. The number of hydroxylamine groups is 3. The minimum atomic E-state index is -3.91. The van der Waals surface area contributed by atoms with Crippen LogP contribution in [0.5, 0.6) is 5.75 Å². The Balaban J connectivity index is 1.56. The second-order valence-corrected chi connectivity index (χ2v) is 9.04. The molecule has 3 aliphatic heterocycles. The number of nitrogens with zero attached hydrogens (tertiary/aromatic N) is 2. The van der Waals surface area contributed by atoms with Gasteiger partial charge in [0, 0.05) is 19.2 Å². The van der Waals surface area contributed by atoms with Crippen LogP contribution in [0.4, 0.5) is 5.69 Å². The maximum absolute atomic E-state index is 12.9. The first-order chi connectivity index (χ1) is 13.3. The van der Waals surface area contributed by atoms with E-state index in [1.807, 2.05) is 7.05 Å². The number of fused-ring (bicyclic) bond motifs is 1. The lowest BCUT2D eigenvalue weighted by molar-refractivity contribution is -0.117. The Hall–Kier alpha value is -1.91. The second-order valence-electron chi connectivity index (χ2n) is 6.59. The van der Waals surface area contributed by atoms with Crippen LogP contribution in [0, 0.1) is 0 Å². The predicted octanol–water partition coefficient (Wildman–Crippen LogP) is 2.74. The van der Waals surface area contributed by atoms with Crippen LogP contribution < -0.4 is 14.9 Å². The van der Waals surface area contributed by atoms with E-state index in [4.69, 9.17) is 32.9 Å². The molecule has 1 fully saturated rings. The Bertz CT molecular complexity index is 993. The first-order valence-corrected chi connectivity index (χ1v) is 10.8. The highest BCUT2D eigenvalue weighted by molar-refractivity contribution is 7.96. The van der Waals surface area contributed by atoms with E-state index in [0.29, 0.717) is 16.5 Å². The number of benzene rings is 1. The lowest BCUT2D eigenvalue weighted by Crippen LogP contribution is -2.26. The van der Waals surface area contributed by atoms with Crippen LogP contribution in [0.15, 0.2) is 52.3 Å². The van der Waals surface area contributed by atoms with Crippen LogP contribution in [-0.2, 0) is 15.0 Å². The smallest absolute Gasteiger partial charge is 0.264 e. The average molecular weight is 445 g/mol. The maximum Gasteiger partial charge on any atom is 0.264 e. The average Bonchev–Trinajstić information content (AvgIpc) is 3.27. The minimum Gasteiger partial charge on any atom is -0.487 e. The summed E-state index contributed by atoms with van der Waals surface area (Å²) < 4.78 is 34.3. The Morgan fingerprint density at radius 1 is 1.32 bits per heavy atom. The van der Waals surface area contributed by atoms with E-state index in [-0.39, 0.29) is 21.9 Å². The maximum atomic E-state index is 12.9. The van der Waals surface area contributed by atoms with Gasteiger partial charge in [-0.3, -0.25) is 4.72 Å². The molecule has 0 radical (unpaired) electrons. The van der Waals surface area contributed by atoms with Crippen molar-refractivity contribution in [1.29, 1.82) is 0 Å². The molecule has 1 saturated heterocycles. The van der Waals surface area contributed by atoms with Crippen molar-refractivity contribution in [3.63, 3.8) is 0 Å². The molecule has 3 heterocycles. The first-order valence-electron chi connectivity index (χ1n) is 8.52. The quantitative estimate of drug-likeness (QED) is 0.675. The standard InChI is InChI=1S/C17H18Cl2N4O4S/c1-22-7-6-12(10-22)26-15-8-11(2-3-13(15)18)21-28(24,25)16-4-5-17(19)23-14(16)9-20-27-23/h2-5,8-9,12,20-21H,6-7,10H2,1H3/t12-/m1/s1. The van der Waals surface area contributed by atoms with Crippen molar-refractivity contribution in [1.82, 2.24) is 15.4 Å². The van der Waals surface area contributed by atoms with Gasteiger partial charge in [-0.15, -0.1) is 0 Å². The van der Waals surface area contributed by atoms with Crippen LogP contribution in [-0.4, -0.2) is 44.6 Å². The Labute approximate surface area is 172 Å². The fourth-order valence-corrected chi connectivity index (χ4v) is 4.70. The van der Waals surface area contributed by atoms with Crippen molar-refractivity contribution < 1.29 is 18.1 Å². The van der Waals surface area contributed by atoms with Crippen LogP contribution in [0.3, 0.4) is 0 Å². The van der Waals surface area contributed by atoms with Crippen molar-refractivity contribution in [2.75, 3.05) is 24.9 Å². The molecule has 8 nitrogen and oxygen atoms in total. The Morgan fingerprint density at radius 2 is 2.14 bits per heavy atom. The Morgan fingerprint density at radius 3 is 2.89 bits per heavy atom. The molecule has 0 amide bonds. The van der Waals surface area contributed by atoms with Gasteiger partial charge in [-0.1, -0.05) is 23.2 Å². The molecule has 1 aromatic rings. The number of ether oxygens (including phenoxy) is 1. The van der Waals surface area contributed by atoms with Gasteiger partial charge in [0.2, 0.25) is 0 Å². The van der Waals surface area contributed by atoms with Gasteiger partial charge in [0.05, 0.1) is 16.9 Å². The van der Waals surface area contributed by atoms with Crippen molar-refractivity contribution in [3.05, 3.63) is 57.3 Å². The molecule has 0 saturated carbocycles. The summed E-state index contributed by atoms with van der Waals surface area (Å²) in [6.07, 6.45) is 5.16. The van der Waals surface area contributed by atoms with Crippen molar-refractivity contribution in [3.8, 4) is 5.75 Å². The fraction of sp³-hybridized carbons (Fsp3) is 0.294. The van der Waals surface area contributed by atoms with E-state index < -0.39 is 10.0 Å². The SMILES string of the molecule is CN1CC[C@@H](Oc2cc(NS(=O)(=O)C3=CC=C(Cl)N4ONC=C34)ccc2Cl)C1. The van der Waals surface area contributed by atoms with Crippen LogP contribution >= 0.6 is 23.2 Å². The summed E-state index contributed by atoms with van der Waals surface area (Å²) in [6, 6.07) is 4.76. The summed E-state index contributed by atoms with van der Waals surface area (Å²) in [5, 5.41) is 1.84. The number of hydrogen-bond acceptors (Lipinski definition) is 7. The highest BCUT2D eigenvalue weighted by Crippen LogP contribution is 2.35. The molecule has 0 aromatic heterocycles. The number of sulfonamides is 1. The molecule has 150 valence electrons. The normalized spacial score (nSPS) is 22.2. The van der Waals surface area contributed by atoms with Gasteiger partial charge in [-0.25, -0.2) is 13.9 Å². The van der Waals surface area contributed by atoms with Gasteiger partial charge in [0.1, 0.15) is 27.6 Å². The zero-order valence-electron chi connectivity index (χ0n) is 14.9. The van der Waals surface area contributed by atoms with Gasteiger partial charge in [-0.2, -0.15) is 10.0 Å². The molecular formula is C17H18Cl2N4O4S. The monoisotopic (exact) mass is 444 g/mol. The van der Waals surface area contributed by atoms with E-state index in [2.05, 4.69) is 15.1 Å². The zero-order chi connectivity index (χ0) is 19.9. The first kappa shape index (κ1) is 19.4. The molecule has 3 aliphatic rings. The third-order valence-corrected chi connectivity index (χ3v) is 6.51. The molecule has 28 heavy (non-hydrogen) atoms. The van der Waals surface area contributed by atoms with Crippen LogP contribution in [0.25, 0.3) is 0 Å². The topological polar surface area (TPSA) is 83.1 Å². The molecule has 1 atom stereocenters. The number of hydrogen-bond donors (Lipinski definition) is 2. The summed E-state index contributed by atoms with van der Waals surface area (Å²) in [5.41, 5.74) is 3.10. The molecule has 0 unspecified atom stereocenters. The van der Waals surface area contributed by atoms with Gasteiger partial charge in [0.25, 0.3) is 10.0 Å². The zero-order valence-corrected chi connectivity index (χ0v) is 17.2. The molecule has 1 aromatic carbocycles. The van der Waals surface area contributed by atoms with Crippen LogP contribution in [0.2, 0.25) is 5.02 Å². The van der Waals surface area contributed by atoms with Gasteiger partial charge < -0.3 is 9.64 Å². The summed E-state index contributed by atoms with van der Waals surface area (Å²) in [5.74, 6) is 0.439. The van der Waals surface area contributed by atoms with Crippen molar-refractivity contribution in [2.45, 2.75) is 12.5 Å². The number of rotatable bonds is 5. The second kappa shape index (κ2) is 7.49. The molecule has 0 spiro atoms. The van der Waals surface area contributed by atoms with E-state index in [9.17, 15) is 8.42 Å². The molecule has 0 aliphatic carbocycles. The largest absolute Gasteiger partial charge is 0.487 e. The minimum absolute atomic E-state index is 0.0109. The van der Waals surface area contributed by atoms with E-state index in [1.54, 1.807) is 18.2 Å². The summed E-state index contributed by atoms with van der Waals surface area (Å²) in [6.45, 7) is 1.74. The molecule has 2 N–H and O–H groups in total. The molecule has 0 bridgehead atoms. The summed E-state index contributed by atoms with van der Waals surface area (Å²) in [4.78, 5) is 7.25.